The van der Waals surface area contributed by atoms with Crippen LogP contribution in [0.5, 0.6) is 5.75 Å². The molecule has 1 fully saturated rings. The smallest absolute Gasteiger partial charge is 0.406 e. The molecule has 3 aromatic carbocycles. The number of hydrogen-bond acceptors (Lipinski definition) is 5. The zero-order chi connectivity index (χ0) is 27.8. The van der Waals surface area contributed by atoms with Gasteiger partial charge in [-0.25, -0.2) is 9.98 Å². The largest absolute Gasteiger partial charge is 0.573 e. The maximum Gasteiger partial charge on any atom is 0.573 e. The summed E-state index contributed by atoms with van der Waals surface area (Å²) in [4.78, 5) is 10.4. The van der Waals surface area contributed by atoms with Crippen molar-refractivity contribution in [2.45, 2.75) is 26.1 Å². The lowest BCUT2D eigenvalue weighted by Gasteiger charge is -2.22. The lowest BCUT2D eigenvalue weighted by molar-refractivity contribution is -0.274. The van der Waals surface area contributed by atoms with Crippen LogP contribution in [0, 0.1) is 0 Å². The summed E-state index contributed by atoms with van der Waals surface area (Å²) >= 11 is 1.68. The molecule has 0 unspecified atom stereocenters. The van der Waals surface area contributed by atoms with Gasteiger partial charge in [0.05, 0.1) is 11.9 Å². The normalized spacial score (nSPS) is 15.8. The number of thioether (sulfide) groups is 1. The van der Waals surface area contributed by atoms with Crippen LogP contribution in [-0.4, -0.2) is 42.2 Å². The Morgan fingerprint density at radius 2 is 1.74 bits per heavy atom. The average molecular weight is 553 g/mol. The number of para-hydroxylation sites is 1. The lowest BCUT2D eigenvalue weighted by Crippen LogP contribution is -2.24. The van der Waals surface area contributed by atoms with E-state index in [2.05, 4.69) is 61.9 Å². The van der Waals surface area contributed by atoms with E-state index in [4.69, 9.17) is 5.73 Å². The minimum atomic E-state index is -4.74. The van der Waals surface area contributed by atoms with E-state index < -0.39 is 6.36 Å². The Hall–Kier alpha value is -4.12. The van der Waals surface area contributed by atoms with Gasteiger partial charge in [0.25, 0.3) is 0 Å². The number of rotatable bonds is 8. The van der Waals surface area contributed by atoms with E-state index in [0.717, 1.165) is 23.0 Å². The summed E-state index contributed by atoms with van der Waals surface area (Å²) < 4.78 is 40.6. The number of ether oxygens (including phenoxy) is 1. The highest BCUT2D eigenvalue weighted by Gasteiger charge is 2.31. The van der Waals surface area contributed by atoms with E-state index >= 15 is 0 Å². The van der Waals surface area contributed by atoms with Crippen LogP contribution in [0.2, 0.25) is 0 Å². The van der Waals surface area contributed by atoms with E-state index in [0.29, 0.717) is 17.2 Å². The number of aliphatic imine (C=N–C) groups is 2. The molecule has 0 amide bonds. The van der Waals surface area contributed by atoms with Crippen molar-refractivity contribution in [3.8, 4) is 5.75 Å². The van der Waals surface area contributed by atoms with Gasteiger partial charge in [-0.3, -0.25) is 0 Å². The van der Waals surface area contributed by atoms with Gasteiger partial charge in [-0.05, 0) is 47.4 Å². The Labute approximate surface area is 229 Å². The van der Waals surface area contributed by atoms with Gasteiger partial charge in [-0.15, -0.1) is 18.3 Å². The average Bonchev–Trinajstić information content (AvgIpc) is 3.37. The number of benzene rings is 3. The van der Waals surface area contributed by atoms with E-state index in [-0.39, 0.29) is 11.6 Å². The number of hydrogen-bond donors (Lipinski definition) is 1. The second-order valence-corrected chi connectivity index (χ2v) is 9.83. The molecule has 1 aliphatic heterocycles. The number of nitrogens with two attached hydrogens (primary N) is 1. The first kappa shape index (κ1) is 27.9. The van der Waals surface area contributed by atoms with Crippen molar-refractivity contribution in [3.05, 3.63) is 89.5 Å². The van der Waals surface area contributed by atoms with Gasteiger partial charge in [0.1, 0.15) is 17.9 Å². The van der Waals surface area contributed by atoms with Gasteiger partial charge in [-0.2, -0.15) is 5.10 Å². The quantitative estimate of drug-likeness (QED) is 0.191. The van der Waals surface area contributed by atoms with Gasteiger partial charge < -0.3 is 15.4 Å². The van der Waals surface area contributed by atoms with E-state index in [9.17, 15) is 13.2 Å². The summed E-state index contributed by atoms with van der Waals surface area (Å²) in [5.41, 5.74) is 10.4. The maximum atomic E-state index is 12.3. The molecule has 1 saturated heterocycles. The maximum absolute atomic E-state index is 12.3. The third-order valence-electron chi connectivity index (χ3n) is 5.66. The van der Waals surface area contributed by atoms with Crippen molar-refractivity contribution < 1.29 is 17.9 Å². The minimum Gasteiger partial charge on any atom is -0.406 e. The summed E-state index contributed by atoms with van der Waals surface area (Å²) in [7, 11) is 0. The molecule has 3 aromatic rings. The summed E-state index contributed by atoms with van der Waals surface area (Å²) in [6.07, 6.45) is -1.82. The van der Waals surface area contributed by atoms with Crippen LogP contribution < -0.4 is 15.4 Å². The number of amidine groups is 2. The molecule has 1 heterocycles. The molecule has 4 rings (SSSR count). The Morgan fingerprint density at radius 3 is 2.44 bits per heavy atom. The highest BCUT2D eigenvalue weighted by Crippen LogP contribution is 2.32. The molecular weight excluding hydrogens is 525 g/mol. The number of nitrogens with zero attached hydrogens (tertiary/aromatic N) is 5. The third-order valence-corrected chi connectivity index (χ3v) is 6.60. The predicted molar refractivity (Wildman–Crippen MR) is 154 cm³/mol. The zero-order valence-electron chi connectivity index (χ0n) is 21.3. The predicted octanol–water partition coefficient (Wildman–Crippen LogP) is 6.72. The van der Waals surface area contributed by atoms with E-state index in [1.165, 1.54) is 41.9 Å². The van der Waals surface area contributed by atoms with Crippen molar-refractivity contribution in [2.24, 2.45) is 25.9 Å². The summed E-state index contributed by atoms with van der Waals surface area (Å²) in [6, 6.07) is 20.8. The van der Waals surface area contributed by atoms with Crippen LogP contribution in [0.1, 0.15) is 36.5 Å². The minimum absolute atomic E-state index is 0.237. The first-order valence-corrected chi connectivity index (χ1v) is 13.1. The highest BCUT2D eigenvalue weighted by molar-refractivity contribution is 8.14. The summed E-state index contributed by atoms with van der Waals surface area (Å²) in [5.74, 6) is 1.28. The molecule has 0 radical (unpaired) electrons. The van der Waals surface area contributed by atoms with Gasteiger partial charge in [0, 0.05) is 23.5 Å². The van der Waals surface area contributed by atoms with Crippen molar-refractivity contribution in [1.29, 1.82) is 0 Å². The second kappa shape index (κ2) is 12.6. The van der Waals surface area contributed by atoms with Gasteiger partial charge >= 0.3 is 6.36 Å². The van der Waals surface area contributed by atoms with Crippen LogP contribution in [-0.2, 0) is 0 Å². The van der Waals surface area contributed by atoms with Crippen molar-refractivity contribution in [3.63, 3.8) is 0 Å². The fourth-order valence-electron chi connectivity index (χ4n) is 3.78. The van der Waals surface area contributed by atoms with Crippen molar-refractivity contribution in [2.75, 3.05) is 17.2 Å². The van der Waals surface area contributed by atoms with Crippen molar-refractivity contribution in [1.82, 2.24) is 0 Å². The molecule has 0 aliphatic carbocycles. The number of halogens is 3. The summed E-state index contributed by atoms with van der Waals surface area (Å²) in [5, 5.41) is 9.65. The molecule has 2 N–H and O–H groups in total. The van der Waals surface area contributed by atoms with Crippen molar-refractivity contribution >= 4 is 46.7 Å². The SMILES string of the molecule is CC(C)c1ccccc1N1CCS/C1=N\N=C\c1ccc(C(N)=NC=Nc2ccc(OC(F)(F)F)cc2)cc1. The molecular formula is C28H27F3N6OS. The monoisotopic (exact) mass is 552 g/mol. The van der Waals surface area contributed by atoms with E-state index in [1.54, 1.807) is 30.1 Å². The van der Waals surface area contributed by atoms with Crippen LogP contribution >= 0.6 is 11.8 Å². The molecule has 7 nitrogen and oxygen atoms in total. The van der Waals surface area contributed by atoms with Gasteiger partial charge in [0.2, 0.25) is 0 Å². The Bertz CT molecular complexity index is 1380. The molecule has 11 heteroatoms. The Morgan fingerprint density at radius 1 is 1.03 bits per heavy atom. The first-order valence-electron chi connectivity index (χ1n) is 12.1. The topological polar surface area (TPSA) is 87.9 Å². The fraction of sp³-hybridized carbons (Fsp3) is 0.214. The molecule has 0 bridgehead atoms. The molecule has 0 saturated carbocycles. The Kier molecular flexibility index (Phi) is 9.03. The molecule has 0 spiro atoms. The number of anilines is 1. The lowest BCUT2D eigenvalue weighted by atomic mass is 10.0. The van der Waals surface area contributed by atoms with Gasteiger partial charge in [-0.1, -0.05) is 68.1 Å². The van der Waals surface area contributed by atoms with Crippen LogP contribution in [0.15, 0.2) is 93.0 Å². The standard InChI is InChI=1S/C28H27F3N6OS/c1-19(2)24-5-3-4-6-25(24)37-15-16-39-27(37)36-35-17-20-7-9-21(10-8-20)26(32)34-18-33-22-11-13-23(14-12-22)38-28(29,30)31/h3-14,17-19H,15-16H2,1-2H3,(H2,32,33,34)/b35-17+,36-27-. The fourth-order valence-corrected chi connectivity index (χ4v) is 4.69. The van der Waals surface area contributed by atoms with Crippen LogP contribution in [0.3, 0.4) is 0 Å². The second-order valence-electron chi connectivity index (χ2n) is 8.76. The van der Waals surface area contributed by atoms with Gasteiger partial charge in [0.15, 0.2) is 5.17 Å². The molecule has 1 aliphatic rings. The Balaban J connectivity index is 1.37. The van der Waals surface area contributed by atoms with Crippen LogP contribution in [0.25, 0.3) is 0 Å². The highest BCUT2D eigenvalue weighted by atomic mass is 32.2. The first-order chi connectivity index (χ1) is 18.7. The summed E-state index contributed by atoms with van der Waals surface area (Å²) in [6.45, 7) is 5.25. The zero-order valence-corrected chi connectivity index (χ0v) is 22.2. The van der Waals surface area contributed by atoms with E-state index in [1.807, 2.05) is 18.2 Å². The molecule has 39 heavy (non-hydrogen) atoms. The third kappa shape index (κ3) is 7.93. The molecule has 202 valence electrons. The number of alkyl halides is 3. The van der Waals surface area contributed by atoms with Crippen LogP contribution in [0.4, 0.5) is 24.5 Å². The molecule has 0 aromatic heterocycles. The molecule has 0 atom stereocenters.